The molecule has 0 spiro atoms. The van der Waals surface area contributed by atoms with Crippen LogP contribution in [0, 0.1) is 13.8 Å². The first-order chi connectivity index (χ1) is 13.1. The molecular weight excluding hydrogens is 340 g/mol. The van der Waals surface area contributed by atoms with Crippen molar-refractivity contribution in [2.24, 2.45) is 0 Å². The SMILES string of the molecule is CCOc1ccc(N2CN(C3CCCC3)Cn3c2nc(C)c(C)c3=O)cc1. The summed E-state index contributed by atoms with van der Waals surface area (Å²) in [5.41, 5.74) is 2.64. The summed E-state index contributed by atoms with van der Waals surface area (Å²) < 4.78 is 7.41. The topological polar surface area (TPSA) is 50.6 Å². The van der Waals surface area contributed by atoms with Crippen LogP contribution in [0.5, 0.6) is 5.75 Å². The molecule has 1 aromatic heterocycles. The number of aromatic nitrogens is 2. The average molecular weight is 368 g/mol. The van der Waals surface area contributed by atoms with Crippen molar-refractivity contribution < 1.29 is 4.74 Å². The zero-order valence-electron chi connectivity index (χ0n) is 16.4. The maximum Gasteiger partial charge on any atom is 0.259 e. The fraction of sp³-hybridized carbons (Fsp3) is 0.524. The lowest BCUT2D eigenvalue weighted by Gasteiger charge is -2.41. The predicted molar refractivity (Wildman–Crippen MR) is 107 cm³/mol. The minimum Gasteiger partial charge on any atom is -0.494 e. The maximum atomic E-state index is 13.0. The summed E-state index contributed by atoms with van der Waals surface area (Å²) in [6.07, 6.45) is 4.97. The van der Waals surface area contributed by atoms with Gasteiger partial charge in [0, 0.05) is 23.0 Å². The first kappa shape index (κ1) is 18.0. The molecule has 1 fully saturated rings. The van der Waals surface area contributed by atoms with Crippen LogP contribution in [0.25, 0.3) is 0 Å². The molecule has 0 bridgehead atoms. The second kappa shape index (κ2) is 7.35. The fourth-order valence-corrected chi connectivity index (χ4v) is 4.13. The zero-order chi connectivity index (χ0) is 19.0. The first-order valence-electron chi connectivity index (χ1n) is 9.91. The van der Waals surface area contributed by atoms with Gasteiger partial charge in [-0.3, -0.25) is 19.2 Å². The Labute approximate surface area is 160 Å². The van der Waals surface area contributed by atoms with Crippen LogP contribution in [-0.2, 0) is 6.67 Å². The molecule has 2 aromatic rings. The van der Waals surface area contributed by atoms with Crippen molar-refractivity contribution in [2.75, 3.05) is 18.2 Å². The highest BCUT2D eigenvalue weighted by Crippen LogP contribution is 2.32. The van der Waals surface area contributed by atoms with E-state index >= 15 is 0 Å². The number of rotatable bonds is 4. The van der Waals surface area contributed by atoms with Gasteiger partial charge in [-0.05, 0) is 57.9 Å². The fourth-order valence-electron chi connectivity index (χ4n) is 4.13. The van der Waals surface area contributed by atoms with Crippen molar-refractivity contribution in [1.82, 2.24) is 14.5 Å². The molecule has 6 heteroatoms. The third-order valence-corrected chi connectivity index (χ3v) is 5.81. The van der Waals surface area contributed by atoms with Crippen molar-refractivity contribution in [3.63, 3.8) is 0 Å². The first-order valence-corrected chi connectivity index (χ1v) is 9.91. The van der Waals surface area contributed by atoms with Gasteiger partial charge in [0.25, 0.3) is 5.56 Å². The quantitative estimate of drug-likeness (QED) is 0.826. The molecule has 6 nitrogen and oxygen atoms in total. The number of nitrogens with zero attached hydrogens (tertiary/aromatic N) is 4. The molecule has 1 saturated carbocycles. The van der Waals surface area contributed by atoms with Gasteiger partial charge in [0.1, 0.15) is 5.75 Å². The molecule has 2 aliphatic rings. The molecule has 0 atom stereocenters. The van der Waals surface area contributed by atoms with E-state index in [0.29, 0.717) is 19.3 Å². The van der Waals surface area contributed by atoms with E-state index in [1.807, 2.05) is 37.5 Å². The number of fused-ring (bicyclic) bond motifs is 1. The van der Waals surface area contributed by atoms with Gasteiger partial charge in [0.05, 0.1) is 19.9 Å². The van der Waals surface area contributed by atoms with Crippen molar-refractivity contribution >= 4 is 11.6 Å². The third-order valence-electron chi connectivity index (χ3n) is 5.81. The highest BCUT2D eigenvalue weighted by Gasteiger charge is 2.32. The van der Waals surface area contributed by atoms with E-state index in [2.05, 4.69) is 21.9 Å². The average Bonchev–Trinajstić information content (AvgIpc) is 3.21. The summed E-state index contributed by atoms with van der Waals surface area (Å²) in [5, 5.41) is 0. The van der Waals surface area contributed by atoms with Crippen LogP contribution in [0.1, 0.15) is 43.9 Å². The maximum absolute atomic E-state index is 13.0. The lowest BCUT2D eigenvalue weighted by atomic mass is 10.2. The number of anilines is 2. The summed E-state index contributed by atoms with van der Waals surface area (Å²) in [6.45, 7) is 7.80. The number of hydrogen-bond acceptors (Lipinski definition) is 5. The normalized spacial score (nSPS) is 18.0. The zero-order valence-corrected chi connectivity index (χ0v) is 16.4. The lowest BCUT2D eigenvalue weighted by Crippen LogP contribution is -2.50. The third kappa shape index (κ3) is 3.34. The molecule has 0 N–H and O–H groups in total. The van der Waals surface area contributed by atoms with E-state index in [9.17, 15) is 4.79 Å². The Morgan fingerprint density at radius 1 is 1.11 bits per heavy atom. The van der Waals surface area contributed by atoms with Gasteiger partial charge in [-0.2, -0.15) is 0 Å². The molecule has 4 rings (SSSR count). The second-order valence-electron chi connectivity index (χ2n) is 7.52. The van der Waals surface area contributed by atoms with Gasteiger partial charge in [0.2, 0.25) is 5.95 Å². The molecule has 1 aromatic carbocycles. The molecule has 144 valence electrons. The Morgan fingerprint density at radius 2 is 1.81 bits per heavy atom. The number of ether oxygens (including phenoxy) is 1. The second-order valence-corrected chi connectivity index (χ2v) is 7.52. The molecule has 0 amide bonds. The molecule has 1 aliphatic heterocycles. The summed E-state index contributed by atoms with van der Waals surface area (Å²) in [5.74, 6) is 1.60. The van der Waals surface area contributed by atoms with Crippen LogP contribution in [0.4, 0.5) is 11.6 Å². The molecule has 27 heavy (non-hydrogen) atoms. The van der Waals surface area contributed by atoms with Gasteiger partial charge < -0.3 is 4.74 Å². The van der Waals surface area contributed by atoms with Crippen LogP contribution in [0.3, 0.4) is 0 Å². The summed E-state index contributed by atoms with van der Waals surface area (Å²) in [7, 11) is 0. The van der Waals surface area contributed by atoms with Gasteiger partial charge in [-0.15, -0.1) is 0 Å². The summed E-state index contributed by atoms with van der Waals surface area (Å²) >= 11 is 0. The molecule has 2 heterocycles. The lowest BCUT2D eigenvalue weighted by molar-refractivity contribution is 0.138. The van der Waals surface area contributed by atoms with E-state index in [-0.39, 0.29) is 5.56 Å². The van der Waals surface area contributed by atoms with Crippen LogP contribution in [0.15, 0.2) is 29.1 Å². The van der Waals surface area contributed by atoms with E-state index in [1.165, 1.54) is 25.7 Å². The number of aryl methyl sites for hydroxylation is 1. The smallest absolute Gasteiger partial charge is 0.259 e. The molecule has 0 saturated heterocycles. The van der Waals surface area contributed by atoms with Crippen molar-refractivity contribution in [3.8, 4) is 5.75 Å². The minimum atomic E-state index is 0.0659. The highest BCUT2D eigenvalue weighted by atomic mass is 16.5. The number of benzene rings is 1. The Bertz CT molecular complexity index is 869. The van der Waals surface area contributed by atoms with Crippen LogP contribution < -0.4 is 15.2 Å². The number of hydrogen-bond donors (Lipinski definition) is 0. The Kier molecular flexibility index (Phi) is 4.91. The Morgan fingerprint density at radius 3 is 2.48 bits per heavy atom. The van der Waals surface area contributed by atoms with Gasteiger partial charge in [0.15, 0.2) is 0 Å². The molecule has 0 radical (unpaired) electrons. The predicted octanol–water partition coefficient (Wildman–Crippen LogP) is 3.57. The summed E-state index contributed by atoms with van der Waals surface area (Å²) in [4.78, 5) is 22.3. The van der Waals surface area contributed by atoms with E-state index in [1.54, 1.807) is 0 Å². The van der Waals surface area contributed by atoms with E-state index in [0.717, 1.165) is 35.3 Å². The summed E-state index contributed by atoms with van der Waals surface area (Å²) in [6, 6.07) is 8.61. The monoisotopic (exact) mass is 368 g/mol. The minimum absolute atomic E-state index is 0.0659. The van der Waals surface area contributed by atoms with Crippen LogP contribution in [0.2, 0.25) is 0 Å². The standard InChI is InChI=1S/C21H28N4O2/c1-4-27-19-11-9-18(10-12-19)24-13-23(17-7-5-6-8-17)14-25-20(26)15(2)16(3)22-21(24)25/h9-12,17H,4-8,13-14H2,1-3H3. The van der Waals surface area contributed by atoms with E-state index in [4.69, 9.17) is 9.72 Å². The van der Waals surface area contributed by atoms with Crippen molar-refractivity contribution in [3.05, 3.63) is 45.9 Å². The Balaban J connectivity index is 1.76. The van der Waals surface area contributed by atoms with Crippen LogP contribution >= 0.6 is 0 Å². The van der Waals surface area contributed by atoms with E-state index < -0.39 is 0 Å². The van der Waals surface area contributed by atoms with Crippen molar-refractivity contribution in [2.45, 2.75) is 59.2 Å². The molecule has 0 unspecified atom stereocenters. The highest BCUT2D eigenvalue weighted by molar-refractivity contribution is 5.59. The van der Waals surface area contributed by atoms with Gasteiger partial charge >= 0.3 is 0 Å². The van der Waals surface area contributed by atoms with Gasteiger partial charge in [-0.1, -0.05) is 12.8 Å². The van der Waals surface area contributed by atoms with Gasteiger partial charge in [-0.25, -0.2) is 4.98 Å². The van der Waals surface area contributed by atoms with Crippen molar-refractivity contribution in [1.29, 1.82) is 0 Å². The largest absolute Gasteiger partial charge is 0.494 e. The molecule has 1 aliphatic carbocycles. The van der Waals surface area contributed by atoms with Crippen LogP contribution in [-0.4, -0.2) is 33.8 Å². The Hall–Kier alpha value is -2.34. The molecular formula is C21H28N4O2.